The van der Waals surface area contributed by atoms with Gasteiger partial charge in [-0.15, -0.1) is 0 Å². The molecule has 0 saturated carbocycles. The van der Waals surface area contributed by atoms with Crippen LogP contribution in [0.5, 0.6) is 0 Å². The van der Waals surface area contributed by atoms with Crippen LogP contribution in [-0.2, 0) is 4.74 Å². The normalized spacial score (nSPS) is 12.2. The minimum atomic E-state index is -0.442. The molecular formula is C14H27N3O2. The Morgan fingerprint density at radius 2 is 2.00 bits per heavy atom. The van der Waals surface area contributed by atoms with Crippen LogP contribution in [0, 0.1) is 0 Å². The topological polar surface area (TPSA) is 62.7 Å². The van der Waals surface area contributed by atoms with Crippen molar-refractivity contribution in [3.63, 3.8) is 0 Å². The molecule has 0 aromatic carbocycles. The number of nitrogens with zero attached hydrogens (tertiary/aromatic N) is 1. The van der Waals surface area contributed by atoms with E-state index in [-0.39, 0.29) is 6.09 Å². The maximum absolute atomic E-state index is 11.3. The van der Waals surface area contributed by atoms with Crippen molar-refractivity contribution in [2.24, 2.45) is 4.99 Å². The molecule has 5 heteroatoms. The van der Waals surface area contributed by atoms with Gasteiger partial charge >= 0.3 is 6.09 Å². The zero-order chi connectivity index (χ0) is 14.6. The number of carbonyl (C=O) groups is 1. The number of amides is 1. The van der Waals surface area contributed by atoms with Gasteiger partial charge in [0.15, 0.2) is 0 Å². The van der Waals surface area contributed by atoms with Crippen molar-refractivity contribution in [1.82, 2.24) is 10.6 Å². The molecule has 0 spiro atoms. The van der Waals surface area contributed by atoms with E-state index in [1.165, 1.54) is 0 Å². The maximum atomic E-state index is 11.3. The Labute approximate surface area is 116 Å². The van der Waals surface area contributed by atoms with E-state index in [4.69, 9.17) is 4.74 Å². The monoisotopic (exact) mass is 269 g/mol. The first-order valence-corrected chi connectivity index (χ1v) is 6.74. The van der Waals surface area contributed by atoms with Crippen LogP contribution in [0.15, 0.2) is 17.1 Å². The van der Waals surface area contributed by atoms with Crippen LogP contribution >= 0.6 is 0 Å². The van der Waals surface area contributed by atoms with Gasteiger partial charge in [0.2, 0.25) is 0 Å². The van der Waals surface area contributed by atoms with E-state index in [9.17, 15) is 4.79 Å². The summed E-state index contributed by atoms with van der Waals surface area (Å²) in [5, 5.41) is 5.93. The van der Waals surface area contributed by atoms with Crippen LogP contribution in [0.3, 0.4) is 0 Å². The van der Waals surface area contributed by atoms with Gasteiger partial charge in [0, 0.05) is 25.8 Å². The molecule has 0 aliphatic rings. The molecule has 2 N–H and O–H groups in total. The fourth-order valence-electron chi connectivity index (χ4n) is 1.21. The number of allylic oxidation sites excluding steroid dienone is 2. The number of alkyl carbamates (subject to hydrolysis) is 1. The summed E-state index contributed by atoms with van der Waals surface area (Å²) in [6.07, 6.45) is 6.29. The van der Waals surface area contributed by atoms with Crippen molar-refractivity contribution in [3.8, 4) is 0 Å². The molecule has 110 valence electrons. The Bertz CT molecular complexity index is 294. The molecule has 0 fully saturated rings. The number of aliphatic imine (C=N–C) groups is 1. The van der Waals surface area contributed by atoms with Gasteiger partial charge in [0.1, 0.15) is 5.60 Å². The summed E-state index contributed by atoms with van der Waals surface area (Å²) in [5.74, 6) is 0. The predicted molar refractivity (Wildman–Crippen MR) is 79.9 cm³/mol. The van der Waals surface area contributed by atoms with Crippen LogP contribution in [0.4, 0.5) is 4.79 Å². The van der Waals surface area contributed by atoms with Gasteiger partial charge in [-0.2, -0.15) is 0 Å². The fourth-order valence-corrected chi connectivity index (χ4v) is 1.21. The van der Waals surface area contributed by atoms with Gasteiger partial charge in [-0.05, 0) is 46.7 Å². The molecule has 5 nitrogen and oxygen atoms in total. The molecule has 0 heterocycles. The van der Waals surface area contributed by atoms with E-state index < -0.39 is 5.60 Å². The van der Waals surface area contributed by atoms with Crippen molar-refractivity contribution < 1.29 is 9.53 Å². The Morgan fingerprint density at radius 3 is 2.63 bits per heavy atom. The van der Waals surface area contributed by atoms with Crippen molar-refractivity contribution in [2.45, 2.75) is 39.7 Å². The maximum Gasteiger partial charge on any atom is 0.407 e. The molecule has 0 aliphatic carbocycles. The van der Waals surface area contributed by atoms with Crippen LogP contribution in [-0.4, -0.2) is 44.1 Å². The highest BCUT2D eigenvalue weighted by Gasteiger charge is 2.15. The highest BCUT2D eigenvalue weighted by atomic mass is 16.6. The summed E-state index contributed by atoms with van der Waals surface area (Å²) >= 11 is 0. The standard InChI is InChI=1S/C14H27N3O2/c1-5-6-8-15-9-7-10-16-11-12-17-13(18)19-14(2,3)4/h5-6,8,16H,7,9-12H2,1-4H3,(H,17,18)/b6-5-,15-8?. The molecule has 0 bridgehead atoms. The number of ether oxygens (including phenoxy) is 1. The van der Waals surface area contributed by atoms with Crippen molar-refractivity contribution in [2.75, 3.05) is 26.2 Å². The van der Waals surface area contributed by atoms with Gasteiger partial charge in [0.05, 0.1) is 0 Å². The minimum absolute atomic E-state index is 0.370. The predicted octanol–water partition coefficient (Wildman–Crippen LogP) is 2.14. The number of nitrogens with one attached hydrogen (secondary N) is 2. The van der Waals surface area contributed by atoms with Gasteiger partial charge < -0.3 is 15.4 Å². The van der Waals surface area contributed by atoms with E-state index in [0.29, 0.717) is 6.54 Å². The second-order valence-electron chi connectivity index (χ2n) is 5.11. The molecule has 0 rings (SSSR count). The molecule has 0 aromatic rings. The summed E-state index contributed by atoms with van der Waals surface area (Å²) in [4.78, 5) is 15.5. The lowest BCUT2D eigenvalue weighted by Gasteiger charge is -2.19. The number of hydrogen-bond donors (Lipinski definition) is 2. The SMILES string of the molecule is C/C=C\C=NCCCNCCNC(=O)OC(C)(C)C. The molecule has 1 amide bonds. The minimum Gasteiger partial charge on any atom is -0.444 e. The first-order chi connectivity index (χ1) is 8.95. The van der Waals surface area contributed by atoms with E-state index >= 15 is 0 Å². The number of rotatable bonds is 8. The third-order valence-electron chi connectivity index (χ3n) is 1.99. The zero-order valence-electron chi connectivity index (χ0n) is 12.5. The Balaban J connectivity index is 3.34. The lowest BCUT2D eigenvalue weighted by molar-refractivity contribution is 0.0528. The highest BCUT2D eigenvalue weighted by Crippen LogP contribution is 2.05. The largest absolute Gasteiger partial charge is 0.444 e. The van der Waals surface area contributed by atoms with E-state index in [0.717, 1.165) is 26.1 Å². The third kappa shape index (κ3) is 14.6. The van der Waals surface area contributed by atoms with Gasteiger partial charge in [0.25, 0.3) is 0 Å². The summed E-state index contributed by atoms with van der Waals surface area (Å²) < 4.78 is 5.12. The lowest BCUT2D eigenvalue weighted by Crippen LogP contribution is -2.36. The lowest BCUT2D eigenvalue weighted by atomic mass is 10.2. The molecule has 0 saturated heterocycles. The molecular weight excluding hydrogens is 242 g/mol. The summed E-state index contributed by atoms with van der Waals surface area (Å²) in [6.45, 7) is 10.5. The third-order valence-corrected chi connectivity index (χ3v) is 1.99. The van der Waals surface area contributed by atoms with Crippen LogP contribution in [0.2, 0.25) is 0 Å². The highest BCUT2D eigenvalue weighted by molar-refractivity contribution is 5.70. The van der Waals surface area contributed by atoms with Gasteiger partial charge in [-0.1, -0.05) is 6.08 Å². The van der Waals surface area contributed by atoms with Crippen molar-refractivity contribution in [1.29, 1.82) is 0 Å². The molecule has 0 aliphatic heterocycles. The van der Waals surface area contributed by atoms with Gasteiger partial charge in [-0.3, -0.25) is 4.99 Å². The van der Waals surface area contributed by atoms with Gasteiger partial charge in [-0.25, -0.2) is 4.79 Å². The average Bonchev–Trinajstić information content (AvgIpc) is 2.29. The Morgan fingerprint density at radius 1 is 1.26 bits per heavy atom. The zero-order valence-corrected chi connectivity index (χ0v) is 12.5. The first kappa shape index (κ1) is 17.6. The summed E-state index contributed by atoms with van der Waals surface area (Å²) in [5.41, 5.74) is -0.442. The van der Waals surface area contributed by atoms with Crippen molar-refractivity contribution >= 4 is 12.3 Å². The number of carbonyl (C=O) groups excluding carboxylic acids is 1. The molecule has 0 aromatic heterocycles. The molecule has 0 unspecified atom stereocenters. The second-order valence-corrected chi connectivity index (χ2v) is 5.11. The number of hydrogen-bond acceptors (Lipinski definition) is 4. The molecule has 0 atom stereocenters. The van der Waals surface area contributed by atoms with E-state index in [1.54, 1.807) is 0 Å². The summed E-state index contributed by atoms with van der Waals surface area (Å²) in [7, 11) is 0. The van der Waals surface area contributed by atoms with E-state index in [1.807, 2.05) is 46.1 Å². The van der Waals surface area contributed by atoms with Crippen LogP contribution < -0.4 is 10.6 Å². The van der Waals surface area contributed by atoms with Crippen molar-refractivity contribution in [3.05, 3.63) is 12.2 Å². The average molecular weight is 269 g/mol. The van der Waals surface area contributed by atoms with Crippen LogP contribution in [0.1, 0.15) is 34.1 Å². The smallest absolute Gasteiger partial charge is 0.407 e. The van der Waals surface area contributed by atoms with Crippen LogP contribution in [0.25, 0.3) is 0 Å². The molecule has 0 radical (unpaired) electrons. The molecule has 19 heavy (non-hydrogen) atoms. The Kier molecular flexibility index (Phi) is 9.80. The fraction of sp³-hybridized carbons (Fsp3) is 0.714. The quantitative estimate of drug-likeness (QED) is 0.524. The Hall–Kier alpha value is -1.36. The first-order valence-electron chi connectivity index (χ1n) is 6.74. The summed E-state index contributed by atoms with van der Waals surface area (Å²) in [6, 6.07) is 0. The second kappa shape index (κ2) is 10.6. The van der Waals surface area contributed by atoms with E-state index in [2.05, 4.69) is 15.6 Å².